The van der Waals surface area contributed by atoms with Gasteiger partial charge >= 0.3 is 0 Å². The number of imidazole rings is 1. The lowest BCUT2D eigenvalue weighted by molar-refractivity contribution is 0.0847. The zero-order valence-electron chi connectivity index (χ0n) is 15.2. The predicted octanol–water partition coefficient (Wildman–Crippen LogP) is 2.54. The highest BCUT2D eigenvalue weighted by Gasteiger charge is 2.21. The van der Waals surface area contributed by atoms with Crippen LogP contribution in [-0.2, 0) is 13.0 Å². The van der Waals surface area contributed by atoms with Gasteiger partial charge in [0.25, 0.3) is 11.8 Å². The van der Waals surface area contributed by atoms with E-state index in [1.165, 1.54) is 6.42 Å². The minimum Gasteiger partial charge on any atom is -0.313 e. The molecule has 0 radical (unpaired) electrons. The van der Waals surface area contributed by atoms with Gasteiger partial charge in [-0.1, -0.05) is 24.6 Å². The molecule has 0 bridgehead atoms. The zero-order valence-corrected chi connectivity index (χ0v) is 15.2. The number of rotatable bonds is 2. The fraction of sp³-hybridized carbons (Fsp3) is 0.300. The Bertz CT molecular complexity index is 1010. The maximum absolute atomic E-state index is 12.7. The van der Waals surface area contributed by atoms with Crippen molar-refractivity contribution in [1.29, 1.82) is 0 Å². The molecule has 3 heterocycles. The number of carbonyl (C=O) groups is 2. The molecule has 0 unspecified atom stereocenters. The summed E-state index contributed by atoms with van der Waals surface area (Å²) in [6, 6.07) is 10.4. The number of amides is 2. The summed E-state index contributed by atoms with van der Waals surface area (Å²) >= 11 is 0. The average Bonchev–Trinajstić information content (AvgIpc) is 2.87. The first-order valence-corrected chi connectivity index (χ1v) is 9.16. The van der Waals surface area contributed by atoms with Crippen molar-refractivity contribution < 1.29 is 9.59 Å². The molecule has 1 aromatic carbocycles. The Morgan fingerprint density at radius 1 is 1.00 bits per heavy atom. The van der Waals surface area contributed by atoms with E-state index in [0.29, 0.717) is 16.6 Å². The van der Waals surface area contributed by atoms with Crippen LogP contribution in [0.25, 0.3) is 11.2 Å². The van der Waals surface area contributed by atoms with Crippen LogP contribution in [0.4, 0.5) is 0 Å². The number of hydrazine groups is 1. The second-order valence-electron chi connectivity index (χ2n) is 6.75. The molecule has 0 saturated heterocycles. The first-order chi connectivity index (χ1) is 13.1. The van der Waals surface area contributed by atoms with Gasteiger partial charge in [0.15, 0.2) is 5.65 Å². The molecule has 3 aromatic rings. The van der Waals surface area contributed by atoms with Gasteiger partial charge in [-0.3, -0.25) is 20.4 Å². The number of pyridine rings is 1. The highest BCUT2D eigenvalue weighted by Crippen LogP contribution is 2.23. The molecular formula is C20H21N5O2. The number of aromatic nitrogens is 3. The van der Waals surface area contributed by atoms with Crippen molar-refractivity contribution >= 4 is 23.0 Å². The molecule has 27 heavy (non-hydrogen) atoms. The number of nitrogens with one attached hydrogen (secondary N) is 2. The Morgan fingerprint density at radius 3 is 2.59 bits per heavy atom. The number of fused-ring (bicyclic) bond motifs is 3. The lowest BCUT2D eigenvalue weighted by Gasteiger charge is -2.09. The maximum atomic E-state index is 12.7. The van der Waals surface area contributed by atoms with Crippen LogP contribution < -0.4 is 10.9 Å². The molecule has 0 saturated carbocycles. The van der Waals surface area contributed by atoms with Crippen molar-refractivity contribution in [3.8, 4) is 0 Å². The van der Waals surface area contributed by atoms with E-state index in [4.69, 9.17) is 0 Å². The fourth-order valence-corrected chi connectivity index (χ4v) is 3.43. The number of carbonyl (C=O) groups excluding carboxylic acids is 2. The van der Waals surface area contributed by atoms with Crippen LogP contribution in [0, 0.1) is 6.92 Å². The third-order valence-electron chi connectivity index (χ3n) is 4.76. The van der Waals surface area contributed by atoms with E-state index in [-0.39, 0.29) is 5.91 Å². The summed E-state index contributed by atoms with van der Waals surface area (Å²) in [7, 11) is 0. The highest BCUT2D eigenvalue weighted by molar-refractivity contribution is 6.05. The van der Waals surface area contributed by atoms with E-state index in [1.807, 2.05) is 13.0 Å². The zero-order chi connectivity index (χ0) is 18.8. The Labute approximate surface area is 156 Å². The number of nitrogens with zero attached hydrogens (tertiary/aromatic N) is 3. The van der Waals surface area contributed by atoms with E-state index >= 15 is 0 Å². The van der Waals surface area contributed by atoms with Crippen LogP contribution in [0.15, 0.2) is 36.4 Å². The summed E-state index contributed by atoms with van der Waals surface area (Å²) in [6.07, 6.45) is 4.25. The van der Waals surface area contributed by atoms with Crippen LogP contribution in [0.1, 0.15) is 51.5 Å². The molecule has 1 aliphatic heterocycles. The lowest BCUT2D eigenvalue weighted by Crippen LogP contribution is -2.41. The van der Waals surface area contributed by atoms with E-state index < -0.39 is 5.91 Å². The summed E-state index contributed by atoms with van der Waals surface area (Å²) < 4.78 is 2.12. The molecule has 2 amide bonds. The molecular weight excluding hydrogens is 342 g/mol. The van der Waals surface area contributed by atoms with Crippen molar-refractivity contribution in [3.63, 3.8) is 0 Å². The van der Waals surface area contributed by atoms with Crippen molar-refractivity contribution in [2.24, 2.45) is 0 Å². The molecule has 0 atom stereocenters. The second-order valence-corrected chi connectivity index (χ2v) is 6.75. The third kappa shape index (κ3) is 3.40. The Balaban J connectivity index is 1.61. The minimum absolute atomic E-state index is 0.369. The summed E-state index contributed by atoms with van der Waals surface area (Å²) in [5.41, 5.74) is 7.92. The molecule has 0 spiro atoms. The van der Waals surface area contributed by atoms with Crippen LogP contribution in [-0.4, -0.2) is 26.3 Å². The average molecular weight is 363 g/mol. The molecule has 4 rings (SSSR count). The van der Waals surface area contributed by atoms with Gasteiger partial charge in [-0.2, -0.15) is 0 Å². The van der Waals surface area contributed by atoms with E-state index in [0.717, 1.165) is 43.0 Å². The first kappa shape index (κ1) is 17.2. The van der Waals surface area contributed by atoms with Gasteiger partial charge in [-0.05, 0) is 38.0 Å². The van der Waals surface area contributed by atoms with Crippen LogP contribution in [0.3, 0.4) is 0 Å². The second kappa shape index (κ2) is 7.19. The van der Waals surface area contributed by atoms with Crippen LogP contribution >= 0.6 is 0 Å². The number of aryl methyl sites for hydroxylation is 3. The van der Waals surface area contributed by atoms with Gasteiger partial charge in [-0.15, -0.1) is 0 Å². The quantitative estimate of drug-likeness (QED) is 0.685. The molecule has 1 aliphatic rings. The van der Waals surface area contributed by atoms with Crippen molar-refractivity contribution in [1.82, 2.24) is 25.4 Å². The molecule has 0 aliphatic carbocycles. The highest BCUT2D eigenvalue weighted by atomic mass is 16.2. The molecule has 7 heteroatoms. The summed E-state index contributed by atoms with van der Waals surface area (Å²) in [6.45, 7) is 2.73. The van der Waals surface area contributed by atoms with Gasteiger partial charge in [-0.25, -0.2) is 9.97 Å². The van der Waals surface area contributed by atoms with Crippen LogP contribution in [0.5, 0.6) is 0 Å². The first-order valence-electron chi connectivity index (χ1n) is 9.16. The Hall–Kier alpha value is -3.22. The van der Waals surface area contributed by atoms with E-state index in [2.05, 4.69) is 25.4 Å². The minimum atomic E-state index is -0.400. The summed E-state index contributed by atoms with van der Waals surface area (Å²) in [5.74, 6) is 0.206. The normalized spacial score (nSPS) is 13.7. The Morgan fingerprint density at radius 2 is 1.78 bits per heavy atom. The third-order valence-corrected chi connectivity index (χ3v) is 4.76. The van der Waals surface area contributed by atoms with Gasteiger partial charge < -0.3 is 4.57 Å². The molecule has 138 valence electrons. The molecule has 0 fully saturated rings. The van der Waals surface area contributed by atoms with E-state index in [1.54, 1.807) is 30.3 Å². The fourth-order valence-electron chi connectivity index (χ4n) is 3.43. The number of benzene rings is 1. The summed E-state index contributed by atoms with van der Waals surface area (Å²) in [5, 5.41) is 0. The summed E-state index contributed by atoms with van der Waals surface area (Å²) in [4.78, 5) is 34.2. The molecule has 2 N–H and O–H groups in total. The molecule has 2 aromatic heterocycles. The van der Waals surface area contributed by atoms with Gasteiger partial charge in [0.1, 0.15) is 11.3 Å². The topological polar surface area (TPSA) is 88.9 Å². The number of hydrogen-bond acceptors (Lipinski definition) is 4. The maximum Gasteiger partial charge on any atom is 0.272 e. The standard InChI is InChI=1S/C20H21N5O2/c1-13-12-15(20(27)24-23-19(26)14-8-4-2-5-9-14)17-18(21-13)25-11-7-3-6-10-16(25)22-17/h2,4-5,8-9,12H,3,6-7,10-11H2,1H3,(H,23,26)(H,24,27). The van der Waals surface area contributed by atoms with Gasteiger partial charge in [0.2, 0.25) is 0 Å². The Kier molecular flexibility index (Phi) is 4.58. The largest absolute Gasteiger partial charge is 0.313 e. The van der Waals surface area contributed by atoms with Crippen molar-refractivity contribution in [2.75, 3.05) is 0 Å². The molecule has 7 nitrogen and oxygen atoms in total. The lowest BCUT2D eigenvalue weighted by atomic mass is 10.2. The predicted molar refractivity (Wildman–Crippen MR) is 101 cm³/mol. The van der Waals surface area contributed by atoms with E-state index in [9.17, 15) is 9.59 Å². The van der Waals surface area contributed by atoms with Crippen LogP contribution in [0.2, 0.25) is 0 Å². The number of hydrogen-bond donors (Lipinski definition) is 2. The van der Waals surface area contributed by atoms with Gasteiger partial charge in [0.05, 0.1) is 5.56 Å². The van der Waals surface area contributed by atoms with Crippen molar-refractivity contribution in [2.45, 2.75) is 39.2 Å². The smallest absolute Gasteiger partial charge is 0.272 e. The van der Waals surface area contributed by atoms with Crippen molar-refractivity contribution in [3.05, 3.63) is 59.0 Å². The van der Waals surface area contributed by atoms with Gasteiger partial charge in [0, 0.05) is 24.2 Å². The SMILES string of the molecule is Cc1cc(C(=O)NNC(=O)c2ccccc2)c2nc3n(c2n1)CCCCC3. The monoisotopic (exact) mass is 363 g/mol.